The number of nitrogens with zero attached hydrogens (tertiary/aromatic N) is 2. The first-order valence-electron chi connectivity index (χ1n) is 7.62. The second-order valence-corrected chi connectivity index (χ2v) is 8.23. The number of fused-ring (bicyclic) bond motifs is 1. The molecular formula is C15H23N3O5S. The normalized spacial score (nSPS) is 15.1. The van der Waals surface area contributed by atoms with Gasteiger partial charge in [-0.05, 0) is 32.4 Å². The van der Waals surface area contributed by atoms with Gasteiger partial charge in [0.2, 0.25) is 0 Å². The van der Waals surface area contributed by atoms with E-state index in [0.29, 0.717) is 25.2 Å². The SMILES string of the molecule is CC(C)(C)OC(=O)N1CCc2nc(COS(=O)(=O)CN)ccc2C1. The predicted molar refractivity (Wildman–Crippen MR) is 87.3 cm³/mol. The maximum Gasteiger partial charge on any atom is 0.410 e. The van der Waals surface area contributed by atoms with Crippen molar-refractivity contribution < 1.29 is 22.1 Å². The van der Waals surface area contributed by atoms with Crippen LogP contribution in [-0.2, 0) is 38.6 Å². The van der Waals surface area contributed by atoms with Crippen molar-refractivity contribution >= 4 is 16.2 Å². The second-order valence-electron chi connectivity index (χ2n) is 6.55. The summed E-state index contributed by atoms with van der Waals surface area (Å²) in [5.74, 6) is -0.567. The summed E-state index contributed by atoms with van der Waals surface area (Å²) in [6.45, 7) is 6.24. The van der Waals surface area contributed by atoms with Gasteiger partial charge < -0.3 is 15.4 Å². The van der Waals surface area contributed by atoms with E-state index in [1.54, 1.807) is 11.0 Å². The number of rotatable bonds is 4. The molecule has 0 unspecified atom stereocenters. The summed E-state index contributed by atoms with van der Waals surface area (Å²) < 4.78 is 32.7. The fraction of sp³-hybridized carbons (Fsp3) is 0.600. The number of aromatic nitrogens is 1. The van der Waals surface area contributed by atoms with Crippen LogP contribution in [0.25, 0.3) is 0 Å². The minimum absolute atomic E-state index is 0.150. The molecule has 2 rings (SSSR count). The number of nitrogens with two attached hydrogens (primary N) is 1. The summed E-state index contributed by atoms with van der Waals surface area (Å²) >= 11 is 0. The lowest BCUT2D eigenvalue weighted by molar-refractivity contribution is 0.0222. The number of pyridine rings is 1. The Bertz CT molecular complexity index is 712. The van der Waals surface area contributed by atoms with Crippen LogP contribution in [0.5, 0.6) is 0 Å². The lowest BCUT2D eigenvalue weighted by Gasteiger charge is -2.30. The third kappa shape index (κ3) is 5.15. The largest absolute Gasteiger partial charge is 0.444 e. The van der Waals surface area contributed by atoms with E-state index in [1.807, 2.05) is 26.8 Å². The van der Waals surface area contributed by atoms with Crippen LogP contribution in [-0.4, -0.2) is 42.4 Å². The molecule has 24 heavy (non-hydrogen) atoms. The van der Waals surface area contributed by atoms with Gasteiger partial charge in [0.05, 0.1) is 12.2 Å². The molecule has 1 aliphatic heterocycles. The maximum absolute atomic E-state index is 12.1. The Hall–Kier alpha value is -1.71. The van der Waals surface area contributed by atoms with E-state index in [9.17, 15) is 13.2 Å². The summed E-state index contributed by atoms with van der Waals surface area (Å²) in [7, 11) is -3.71. The first-order valence-corrected chi connectivity index (χ1v) is 9.20. The summed E-state index contributed by atoms with van der Waals surface area (Å²) in [6.07, 6.45) is 0.223. The van der Waals surface area contributed by atoms with Crippen molar-refractivity contribution in [2.45, 2.75) is 45.9 Å². The molecule has 1 aromatic rings. The highest BCUT2D eigenvalue weighted by atomic mass is 32.2. The molecule has 0 atom stereocenters. The molecule has 134 valence electrons. The Kier molecular flexibility index (Phi) is 5.46. The Balaban J connectivity index is 2.02. The standard InChI is InChI=1S/C15H23N3O5S/c1-15(2,3)23-14(19)18-7-6-13-11(8-18)4-5-12(17-13)9-22-24(20,21)10-16/h4-5H,6-10,16H2,1-3H3. The first kappa shape index (κ1) is 18.6. The fourth-order valence-electron chi connectivity index (χ4n) is 2.22. The summed E-state index contributed by atoms with van der Waals surface area (Å²) in [5.41, 5.74) is 6.81. The van der Waals surface area contributed by atoms with Gasteiger partial charge in [-0.2, -0.15) is 8.42 Å². The molecule has 2 heterocycles. The predicted octanol–water partition coefficient (Wildman–Crippen LogP) is 1.14. The van der Waals surface area contributed by atoms with E-state index in [2.05, 4.69) is 4.98 Å². The van der Waals surface area contributed by atoms with E-state index < -0.39 is 21.6 Å². The van der Waals surface area contributed by atoms with E-state index in [4.69, 9.17) is 14.7 Å². The van der Waals surface area contributed by atoms with Crippen molar-refractivity contribution in [2.24, 2.45) is 5.73 Å². The Morgan fingerprint density at radius 3 is 2.71 bits per heavy atom. The molecule has 1 amide bonds. The number of amides is 1. The molecule has 8 nitrogen and oxygen atoms in total. The lowest BCUT2D eigenvalue weighted by atomic mass is 10.1. The van der Waals surface area contributed by atoms with E-state index in [-0.39, 0.29) is 12.7 Å². The maximum atomic E-state index is 12.1. The zero-order chi connectivity index (χ0) is 18.0. The molecule has 0 fully saturated rings. The van der Waals surface area contributed by atoms with E-state index >= 15 is 0 Å². The average molecular weight is 357 g/mol. The van der Waals surface area contributed by atoms with Crippen molar-refractivity contribution in [3.05, 3.63) is 29.1 Å². The van der Waals surface area contributed by atoms with Gasteiger partial charge in [-0.15, -0.1) is 0 Å². The van der Waals surface area contributed by atoms with Gasteiger partial charge in [0.1, 0.15) is 18.1 Å². The van der Waals surface area contributed by atoms with Crippen LogP contribution in [0.1, 0.15) is 37.7 Å². The lowest BCUT2D eigenvalue weighted by Crippen LogP contribution is -2.40. The van der Waals surface area contributed by atoms with Crippen molar-refractivity contribution in [3.8, 4) is 0 Å². The smallest absolute Gasteiger partial charge is 0.410 e. The summed E-state index contributed by atoms with van der Waals surface area (Å²) in [6, 6.07) is 3.51. The molecule has 1 aromatic heterocycles. The molecule has 1 aliphatic rings. The molecular weight excluding hydrogens is 334 g/mol. The van der Waals surface area contributed by atoms with Gasteiger partial charge in [-0.3, -0.25) is 9.17 Å². The summed E-state index contributed by atoms with van der Waals surface area (Å²) in [5, 5.41) is 0. The molecule has 0 bridgehead atoms. The van der Waals surface area contributed by atoms with E-state index in [0.717, 1.165) is 11.3 Å². The van der Waals surface area contributed by atoms with Crippen LogP contribution >= 0.6 is 0 Å². The Morgan fingerprint density at radius 2 is 2.08 bits per heavy atom. The molecule has 0 spiro atoms. The third-order valence-corrected chi connectivity index (χ3v) is 4.23. The van der Waals surface area contributed by atoms with Gasteiger partial charge in [-0.25, -0.2) is 4.79 Å². The summed E-state index contributed by atoms with van der Waals surface area (Å²) in [4.78, 5) is 18.2. The highest BCUT2D eigenvalue weighted by molar-refractivity contribution is 7.86. The van der Waals surface area contributed by atoms with Gasteiger partial charge >= 0.3 is 6.09 Å². The van der Waals surface area contributed by atoms with Gasteiger partial charge in [0, 0.05) is 18.7 Å². The van der Waals surface area contributed by atoms with Crippen LogP contribution in [0.4, 0.5) is 4.79 Å². The minimum Gasteiger partial charge on any atom is -0.444 e. The number of hydrogen-bond acceptors (Lipinski definition) is 7. The molecule has 0 radical (unpaired) electrons. The molecule has 9 heteroatoms. The minimum atomic E-state index is -3.71. The van der Waals surface area contributed by atoms with Crippen molar-refractivity contribution in [1.82, 2.24) is 9.88 Å². The van der Waals surface area contributed by atoms with Crippen molar-refractivity contribution in [3.63, 3.8) is 0 Å². The molecule has 0 saturated carbocycles. The zero-order valence-corrected chi connectivity index (χ0v) is 14.9. The number of carbonyl (C=O) groups is 1. The van der Waals surface area contributed by atoms with Gasteiger partial charge in [0.15, 0.2) is 0 Å². The quantitative estimate of drug-likeness (QED) is 0.804. The number of hydrogen-bond donors (Lipinski definition) is 1. The fourth-order valence-corrected chi connectivity index (χ4v) is 2.62. The molecule has 0 saturated heterocycles. The molecule has 0 aliphatic carbocycles. The number of ether oxygens (including phenoxy) is 1. The van der Waals surface area contributed by atoms with Gasteiger partial charge in [0.25, 0.3) is 10.1 Å². The third-order valence-electron chi connectivity index (χ3n) is 3.35. The van der Waals surface area contributed by atoms with Crippen molar-refractivity contribution in [1.29, 1.82) is 0 Å². The molecule has 2 N–H and O–H groups in total. The first-order chi connectivity index (χ1) is 11.1. The van der Waals surface area contributed by atoms with Crippen LogP contribution in [0.15, 0.2) is 12.1 Å². The zero-order valence-electron chi connectivity index (χ0n) is 14.1. The monoisotopic (exact) mass is 357 g/mol. The van der Waals surface area contributed by atoms with Crippen LogP contribution in [0.3, 0.4) is 0 Å². The Labute approximate surface area is 142 Å². The van der Waals surface area contributed by atoms with Crippen LogP contribution in [0.2, 0.25) is 0 Å². The molecule has 0 aromatic carbocycles. The topological polar surface area (TPSA) is 112 Å². The van der Waals surface area contributed by atoms with Crippen LogP contribution in [0, 0.1) is 0 Å². The second kappa shape index (κ2) is 7.04. The van der Waals surface area contributed by atoms with Crippen molar-refractivity contribution in [2.75, 3.05) is 12.4 Å². The highest BCUT2D eigenvalue weighted by Gasteiger charge is 2.26. The number of carbonyl (C=O) groups excluding carboxylic acids is 1. The average Bonchev–Trinajstić information content (AvgIpc) is 2.50. The highest BCUT2D eigenvalue weighted by Crippen LogP contribution is 2.20. The van der Waals surface area contributed by atoms with Crippen LogP contribution < -0.4 is 5.73 Å². The van der Waals surface area contributed by atoms with Gasteiger partial charge in [-0.1, -0.05) is 6.07 Å². The Morgan fingerprint density at radius 1 is 1.38 bits per heavy atom. The van der Waals surface area contributed by atoms with E-state index in [1.165, 1.54) is 0 Å².